The van der Waals surface area contributed by atoms with Gasteiger partial charge in [0.2, 0.25) is 5.91 Å². The number of alkyl halides is 2. The molecule has 3 N–H and O–H groups in total. The molecule has 1 aliphatic carbocycles. The molecule has 1 aromatic carbocycles. The lowest BCUT2D eigenvalue weighted by Gasteiger charge is -2.15. The van der Waals surface area contributed by atoms with Crippen molar-refractivity contribution >= 4 is 34.2 Å². The second kappa shape index (κ2) is 16.0. The molecule has 1 atom stereocenters. The van der Waals surface area contributed by atoms with Crippen LogP contribution in [-0.2, 0) is 11.3 Å². The molecule has 41 heavy (non-hydrogen) atoms. The van der Waals surface area contributed by atoms with Crippen molar-refractivity contribution in [3.8, 4) is 0 Å². The van der Waals surface area contributed by atoms with E-state index in [9.17, 15) is 18.4 Å². The van der Waals surface area contributed by atoms with Crippen LogP contribution in [-0.4, -0.2) is 50.4 Å². The van der Waals surface area contributed by atoms with Crippen LogP contribution in [0.4, 0.5) is 20.2 Å². The summed E-state index contributed by atoms with van der Waals surface area (Å²) in [5, 5.41) is 13.0. The fourth-order valence-electron chi connectivity index (χ4n) is 4.11. The molecule has 10 heteroatoms. The Morgan fingerprint density at radius 2 is 1.88 bits per heavy atom. The number of amides is 2. The van der Waals surface area contributed by atoms with Crippen molar-refractivity contribution in [3.63, 3.8) is 0 Å². The number of benzene rings is 1. The number of H-pyrrole nitrogens is 1. The zero-order valence-corrected chi connectivity index (χ0v) is 25.5. The molecule has 1 unspecified atom stereocenters. The number of rotatable bonds is 8. The number of anilines is 2. The number of nitrogens with zero attached hydrogens (tertiary/aromatic N) is 3. The standard InChI is InChI=1S/C19H16F2N6O2.C7H16.C3H8.C2H6/c20-19(21)5-14(19)25-15(28)9-27-8-10-2-1-3-13(16(10)18(27)29)24-12-4-11-6-23-26-17(11)22-7-12;1-4-5-6-7(2)3;1-3-2;1-2/h1-4,6-7,14,24H,5,8-9H2,(H,25,28)(H,22,23,26);7H,4-6H2,1-3H3;3H2,1-2H3;1-2H3. The largest absolute Gasteiger partial charge is 0.354 e. The number of fused-ring (bicyclic) bond motifs is 2. The van der Waals surface area contributed by atoms with Gasteiger partial charge in [0.15, 0.2) is 5.65 Å². The summed E-state index contributed by atoms with van der Waals surface area (Å²) in [4.78, 5) is 30.5. The Labute approximate surface area is 242 Å². The Morgan fingerprint density at radius 3 is 2.46 bits per heavy atom. The number of halogens is 2. The molecule has 5 rings (SSSR count). The smallest absolute Gasteiger partial charge is 0.270 e. The molecule has 0 saturated heterocycles. The number of carbonyl (C=O) groups excluding carboxylic acids is 2. The van der Waals surface area contributed by atoms with Gasteiger partial charge >= 0.3 is 0 Å². The summed E-state index contributed by atoms with van der Waals surface area (Å²) in [5.74, 6) is -2.84. The van der Waals surface area contributed by atoms with Crippen LogP contribution in [0.5, 0.6) is 0 Å². The minimum absolute atomic E-state index is 0.247. The lowest BCUT2D eigenvalue weighted by atomic mass is 10.1. The Hall–Kier alpha value is -3.56. The molecular weight excluding hydrogens is 526 g/mol. The summed E-state index contributed by atoms with van der Waals surface area (Å²) in [7, 11) is 0. The van der Waals surface area contributed by atoms with E-state index in [4.69, 9.17) is 0 Å². The Kier molecular flexibility index (Phi) is 13.2. The van der Waals surface area contributed by atoms with E-state index < -0.39 is 17.9 Å². The first-order valence-electron chi connectivity index (χ1n) is 14.7. The predicted octanol–water partition coefficient (Wildman–Crippen LogP) is 7.46. The van der Waals surface area contributed by atoms with E-state index in [1.54, 1.807) is 18.5 Å². The molecule has 0 radical (unpaired) electrons. The molecule has 2 aromatic heterocycles. The van der Waals surface area contributed by atoms with Crippen molar-refractivity contribution in [2.24, 2.45) is 5.92 Å². The lowest BCUT2D eigenvalue weighted by molar-refractivity contribution is -0.122. The zero-order chi connectivity index (χ0) is 30.6. The summed E-state index contributed by atoms with van der Waals surface area (Å²) in [5.41, 5.74) is 3.16. The molecule has 226 valence electrons. The fraction of sp³-hybridized carbons (Fsp3) is 0.548. The molecule has 3 heterocycles. The van der Waals surface area contributed by atoms with Gasteiger partial charge in [-0.15, -0.1) is 0 Å². The van der Waals surface area contributed by atoms with Gasteiger partial charge in [-0.2, -0.15) is 5.10 Å². The molecule has 3 aromatic rings. The van der Waals surface area contributed by atoms with Crippen LogP contribution in [0.1, 0.15) is 96.5 Å². The average molecular weight is 573 g/mol. The molecule has 8 nitrogen and oxygen atoms in total. The number of unbranched alkanes of at least 4 members (excludes halogenated alkanes) is 1. The zero-order valence-electron chi connectivity index (χ0n) is 25.5. The molecule has 1 aliphatic heterocycles. The van der Waals surface area contributed by atoms with Crippen LogP contribution in [0.25, 0.3) is 11.0 Å². The lowest BCUT2D eigenvalue weighted by Crippen LogP contribution is -2.39. The number of hydrogen-bond donors (Lipinski definition) is 3. The van der Waals surface area contributed by atoms with E-state index in [0.29, 0.717) is 22.6 Å². The Bertz CT molecular complexity index is 1260. The number of carbonyl (C=O) groups is 2. The maximum atomic E-state index is 13.0. The molecule has 1 fully saturated rings. The van der Waals surface area contributed by atoms with E-state index in [1.165, 1.54) is 30.6 Å². The van der Waals surface area contributed by atoms with Gasteiger partial charge < -0.3 is 15.5 Å². The minimum atomic E-state index is -2.84. The van der Waals surface area contributed by atoms with Crippen LogP contribution in [0.15, 0.2) is 36.7 Å². The highest BCUT2D eigenvalue weighted by molar-refractivity contribution is 6.05. The highest BCUT2D eigenvalue weighted by Gasteiger charge is 2.57. The van der Waals surface area contributed by atoms with E-state index in [-0.39, 0.29) is 25.4 Å². The average Bonchev–Trinajstić information content (AvgIpc) is 3.23. The van der Waals surface area contributed by atoms with Crippen molar-refractivity contribution in [2.75, 3.05) is 11.9 Å². The second-order valence-corrected chi connectivity index (χ2v) is 10.5. The molecule has 1 saturated carbocycles. The van der Waals surface area contributed by atoms with Gasteiger partial charge in [0.1, 0.15) is 6.54 Å². The first kappa shape index (κ1) is 33.6. The minimum Gasteiger partial charge on any atom is -0.354 e. The van der Waals surface area contributed by atoms with Crippen molar-refractivity contribution in [1.82, 2.24) is 25.4 Å². The quantitative estimate of drug-likeness (QED) is 0.260. The second-order valence-electron chi connectivity index (χ2n) is 10.5. The van der Waals surface area contributed by atoms with Crippen molar-refractivity contribution in [1.29, 1.82) is 0 Å². The SMILES string of the molecule is CC.CCC.CCCCC(C)C.O=C(CN1Cc2cccc(Nc3cnc4[nH]ncc4c3)c2C1=O)NC1CC1(F)F. The van der Waals surface area contributed by atoms with Crippen LogP contribution in [0.3, 0.4) is 0 Å². The van der Waals surface area contributed by atoms with Crippen molar-refractivity contribution < 1.29 is 18.4 Å². The van der Waals surface area contributed by atoms with Gasteiger partial charge in [-0.25, -0.2) is 13.8 Å². The van der Waals surface area contributed by atoms with Gasteiger partial charge in [-0.1, -0.05) is 86.3 Å². The first-order valence-corrected chi connectivity index (χ1v) is 14.7. The maximum Gasteiger partial charge on any atom is 0.270 e. The van der Waals surface area contributed by atoms with Gasteiger partial charge in [0.25, 0.3) is 11.8 Å². The highest BCUT2D eigenvalue weighted by atomic mass is 19.3. The van der Waals surface area contributed by atoms with Crippen LogP contribution in [0.2, 0.25) is 0 Å². The third kappa shape index (κ3) is 9.79. The van der Waals surface area contributed by atoms with E-state index in [2.05, 4.69) is 60.4 Å². The highest BCUT2D eigenvalue weighted by Crippen LogP contribution is 2.41. The molecule has 0 bridgehead atoms. The Balaban J connectivity index is 0.000000421. The summed E-state index contributed by atoms with van der Waals surface area (Å²) >= 11 is 0. The van der Waals surface area contributed by atoms with Crippen molar-refractivity contribution in [3.05, 3.63) is 47.8 Å². The number of aromatic amines is 1. The van der Waals surface area contributed by atoms with Gasteiger partial charge in [0, 0.05) is 18.4 Å². The topological polar surface area (TPSA) is 103 Å². The number of hydrogen-bond acceptors (Lipinski definition) is 5. The summed E-state index contributed by atoms with van der Waals surface area (Å²) in [6.07, 6.45) is 8.32. The van der Waals surface area contributed by atoms with E-state index >= 15 is 0 Å². The molecular formula is C31H46F2N6O2. The van der Waals surface area contributed by atoms with Gasteiger partial charge in [-0.3, -0.25) is 14.7 Å². The Morgan fingerprint density at radius 1 is 1.20 bits per heavy atom. The number of pyridine rings is 1. The predicted molar refractivity (Wildman–Crippen MR) is 162 cm³/mol. The third-order valence-corrected chi connectivity index (χ3v) is 6.21. The van der Waals surface area contributed by atoms with E-state index in [0.717, 1.165) is 16.9 Å². The number of nitrogens with one attached hydrogen (secondary N) is 3. The molecule has 2 aliphatic rings. The van der Waals surface area contributed by atoms with Crippen molar-refractivity contribution in [2.45, 2.75) is 99.1 Å². The summed E-state index contributed by atoms with van der Waals surface area (Å²) < 4.78 is 26.0. The van der Waals surface area contributed by atoms with E-state index in [1.807, 2.05) is 32.0 Å². The normalized spacial score (nSPS) is 16.0. The van der Waals surface area contributed by atoms with Crippen LogP contribution < -0.4 is 10.6 Å². The number of aromatic nitrogens is 3. The fourth-order valence-corrected chi connectivity index (χ4v) is 4.11. The summed E-state index contributed by atoms with van der Waals surface area (Å²) in [6.45, 7) is 15.0. The van der Waals surface area contributed by atoms with Gasteiger partial charge in [0.05, 0.1) is 35.4 Å². The molecule has 0 spiro atoms. The molecule has 2 amide bonds. The maximum absolute atomic E-state index is 13.0. The first-order chi connectivity index (χ1) is 19.6. The van der Waals surface area contributed by atoms with Crippen LogP contribution >= 0.6 is 0 Å². The monoisotopic (exact) mass is 572 g/mol. The summed E-state index contributed by atoms with van der Waals surface area (Å²) in [6, 6.07) is 6.11. The van der Waals surface area contributed by atoms with Gasteiger partial charge in [-0.05, 0) is 23.6 Å². The van der Waals surface area contributed by atoms with Crippen LogP contribution in [0, 0.1) is 5.92 Å². The third-order valence-electron chi connectivity index (χ3n) is 6.21.